The van der Waals surface area contributed by atoms with Gasteiger partial charge in [-0.25, -0.2) is 4.79 Å². The van der Waals surface area contributed by atoms with Gasteiger partial charge in [-0.05, 0) is 0 Å². The van der Waals surface area contributed by atoms with Crippen LogP contribution in [0.3, 0.4) is 0 Å². The fraction of sp³-hybridized carbons (Fsp3) is 0.833. The minimum Gasteiger partial charge on any atom is -0.479 e. The summed E-state index contributed by atoms with van der Waals surface area (Å²) in [5, 5.41) is 14.0. The minimum atomic E-state index is -1.05. The van der Waals surface area contributed by atoms with E-state index in [0.29, 0.717) is 19.6 Å². The maximum absolute atomic E-state index is 10.2. The van der Waals surface area contributed by atoms with Crippen LogP contribution in [0.25, 0.3) is 0 Å². The van der Waals surface area contributed by atoms with Gasteiger partial charge in [0.25, 0.3) is 0 Å². The van der Waals surface area contributed by atoms with E-state index in [1.807, 2.05) is 0 Å². The van der Waals surface area contributed by atoms with E-state index in [1.165, 1.54) is 0 Å². The first-order valence-electron chi connectivity index (χ1n) is 3.81. The zero-order valence-corrected chi connectivity index (χ0v) is 6.92. The van der Waals surface area contributed by atoms with Crippen LogP contribution in [0.15, 0.2) is 0 Å². The van der Waals surface area contributed by atoms with Crippen LogP contribution in [0.4, 0.5) is 0 Å². The molecule has 0 heterocycles. The standard InChI is InChI=1S/C6H16N4O2/c7-1-2-9-3-4-10-5(8)6(11)12/h5,9-10H,1-4,7-8H2,(H,11,12). The fourth-order valence-corrected chi connectivity index (χ4v) is 0.630. The number of carboxylic acid groups (broad SMARTS) is 1. The molecule has 0 aliphatic heterocycles. The predicted molar refractivity (Wildman–Crippen MR) is 45.5 cm³/mol. The van der Waals surface area contributed by atoms with Gasteiger partial charge in [0.2, 0.25) is 0 Å². The monoisotopic (exact) mass is 176 g/mol. The Balaban J connectivity index is 3.14. The molecule has 72 valence electrons. The number of carboxylic acids is 1. The molecule has 12 heavy (non-hydrogen) atoms. The molecule has 0 aromatic carbocycles. The highest BCUT2D eigenvalue weighted by atomic mass is 16.4. The zero-order valence-electron chi connectivity index (χ0n) is 6.92. The van der Waals surface area contributed by atoms with Crippen LogP contribution in [0.1, 0.15) is 0 Å². The van der Waals surface area contributed by atoms with E-state index in [4.69, 9.17) is 16.6 Å². The first kappa shape index (κ1) is 11.3. The molecule has 0 aliphatic carbocycles. The Labute approximate surface area is 71.3 Å². The lowest BCUT2D eigenvalue weighted by molar-refractivity contribution is -0.139. The summed E-state index contributed by atoms with van der Waals surface area (Å²) >= 11 is 0. The Bertz CT molecular complexity index is 131. The summed E-state index contributed by atoms with van der Waals surface area (Å²) in [7, 11) is 0. The molecular formula is C6H16N4O2. The van der Waals surface area contributed by atoms with Gasteiger partial charge in [-0.2, -0.15) is 0 Å². The van der Waals surface area contributed by atoms with Gasteiger partial charge in [-0.1, -0.05) is 0 Å². The van der Waals surface area contributed by atoms with Crippen molar-refractivity contribution in [2.75, 3.05) is 26.2 Å². The van der Waals surface area contributed by atoms with Gasteiger partial charge < -0.3 is 21.9 Å². The lowest BCUT2D eigenvalue weighted by Crippen LogP contribution is -2.46. The number of nitrogens with one attached hydrogen (secondary N) is 2. The van der Waals surface area contributed by atoms with Crippen LogP contribution in [-0.2, 0) is 4.79 Å². The number of rotatable bonds is 7. The first-order valence-corrected chi connectivity index (χ1v) is 3.81. The number of aliphatic carboxylic acids is 1. The van der Waals surface area contributed by atoms with E-state index in [0.717, 1.165) is 6.54 Å². The molecule has 1 atom stereocenters. The maximum Gasteiger partial charge on any atom is 0.335 e. The molecule has 0 fully saturated rings. The van der Waals surface area contributed by atoms with E-state index in [1.54, 1.807) is 0 Å². The average molecular weight is 176 g/mol. The summed E-state index contributed by atoms with van der Waals surface area (Å²) in [5.41, 5.74) is 10.4. The number of nitrogens with two attached hydrogens (primary N) is 2. The van der Waals surface area contributed by atoms with E-state index in [2.05, 4.69) is 10.6 Å². The summed E-state index contributed by atoms with van der Waals surface area (Å²) in [4.78, 5) is 10.2. The van der Waals surface area contributed by atoms with Gasteiger partial charge in [-0.3, -0.25) is 5.32 Å². The number of hydrogen-bond donors (Lipinski definition) is 5. The molecular weight excluding hydrogens is 160 g/mol. The van der Waals surface area contributed by atoms with Crippen molar-refractivity contribution in [3.63, 3.8) is 0 Å². The average Bonchev–Trinajstić information content (AvgIpc) is 2.03. The lowest BCUT2D eigenvalue weighted by Gasteiger charge is -2.08. The zero-order chi connectivity index (χ0) is 9.40. The van der Waals surface area contributed by atoms with Crippen LogP contribution in [0, 0.1) is 0 Å². The van der Waals surface area contributed by atoms with Crippen molar-refractivity contribution in [2.45, 2.75) is 6.17 Å². The second-order valence-electron chi connectivity index (χ2n) is 2.31. The van der Waals surface area contributed by atoms with Gasteiger partial charge in [-0.15, -0.1) is 0 Å². The molecule has 0 spiro atoms. The molecule has 0 aromatic rings. The van der Waals surface area contributed by atoms with Crippen molar-refractivity contribution >= 4 is 5.97 Å². The second-order valence-corrected chi connectivity index (χ2v) is 2.31. The van der Waals surface area contributed by atoms with Crippen molar-refractivity contribution < 1.29 is 9.90 Å². The lowest BCUT2D eigenvalue weighted by atomic mass is 10.5. The Morgan fingerprint density at radius 1 is 1.42 bits per heavy atom. The van der Waals surface area contributed by atoms with E-state index < -0.39 is 12.1 Å². The van der Waals surface area contributed by atoms with Crippen molar-refractivity contribution in [3.8, 4) is 0 Å². The first-order chi connectivity index (χ1) is 5.68. The SMILES string of the molecule is NCCNCCNC(N)C(=O)O. The summed E-state index contributed by atoms with van der Waals surface area (Å²) < 4.78 is 0. The van der Waals surface area contributed by atoms with Crippen molar-refractivity contribution in [1.29, 1.82) is 0 Å². The fourth-order valence-electron chi connectivity index (χ4n) is 0.630. The molecule has 0 aromatic heterocycles. The molecule has 6 nitrogen and oxygen atoms in total. The van der Waals surface area contributed by atoms with E-state index in [9.17, 15) is 4.79 Å². The van der Waals surface area contributed by atoms with Crippen LogP contribution < -0.4 is 22.1 Å². The number of hydrogen-bond acceptors (Lipinski definition) is 5. The summed E-state index contributed by atoms with van der Waals surface area (Å²) in [6.45, 7) is 2.49. The van der Waals surface area contributed by atoms with Gasteiger partial charge in [0.1, 0.15) is 0 Å². The Hall–Kier alpha value is -0.690. The highest BCUT2D eigenvalue weighted by Crippen LogP contribution is 1.69. The van der Waals surface area contributed by atoms with Crippen molar-refractivity contribution in [2.24, 2.45) is 11.5 Å². The topological polar surface area (TPSA) is 113 Å². The molecule has 0 amide bonds. The van der Waals surface area contributed by atoms with Crippen molar-refractivity contribution in [1.82, 2.24) is 10.6 Å². The highest BCUT2D eigenvalue weighted by molar-refractivity contribution is 5.72. The van der Waals surface area contributed by atoms with Gasteiger partial charge in [0, 0.05) is 26.2 Å². The van der Waals surface area contributed by atoms with Gasteiger partial charge in [0.15, 0.2) is 6.17 Å². The second kappa shape index (κ2) is 6.99. The maximum atomic E-state index is 10.2. The summed E-state index contributed by atoms with van der Waals surface area (Å²) in [5.74, 6) is -1.05. The van der Waals surface area contributed by atoms with Crippen molar-refractivity contribution in [3.05, 3.63) is 0 Å². The molecule has 0 aliphatic rings. The van der Waals surface area contributed by atoms with Crippen LogP contribution in [0.5, 0.6) is 0 Å². The van der Waals surface area contributed by atoms with Gasteiger partial charge >= 0.3 is 5.97 Å². The Morgan fingerprint density at radius 3 is 2.58 bits per heavy atom. The predicted octanol–water partition coefficient (Wildman–Crippen LogP) is -2.51. The largest absolute Gasteiger partial charge is 0.479 e. The van der Waals surface area contributed by atoms with Gasteiger partial charge in [0.05, 0.1) is 0 Å². The molecule has 0 saturated carbocycles. The molecule has 1 unspecified atom stereocenters. The molecule has 0 rings (SSSR count). The Kier molecular flexibility index (Phi) is 6.58. The molecule has 0 bridgehead atoms. The molecule has 7 N–H and O–H groups in total. The molecule has 0 radical (unpaired) electrons. The summed E-state index contributed by atoms with van der Waals surface area (Å²) in [6, 6.07) is 0. The molecule has 0 saturated heterocycles. The van der Waals surface area contributed by atoms with Crippen LogP contribution in [-0.4, -0.2) is 43.4 Å². The number of carbonyl (C=O) groups is 1. The Morgan fingerprint density at radius 2 is 2.08 bits per heavy atom. The molecule has 6 heteroatoms. The third-order valence-electron chi connectivity index (χ3n) is 1.25. The summed E-state index contributed by atoms with van der Waals surface area (Å²) in [6.07, 6.45) is -0.982. The van der Waals surface area contributed by atoms with Crippen LogP contribution in [0.2, 0.25) is 0 Å². The normalized spacial score (nSPS) is 12.8. The highest BCUT2D eigenvalue weighted by Gasteiger charge is 2.08. The van der Waals surface area contributed by atoms with E-state index >= 15 is 0 Å². The quantitative estimate of drug-likeness (QED) is 0.216. The third-order valence-corrected chi connectivity index (χ3v) is 1.25. The smallest absolute Gasteiger partial charge is 0.335 e. The third kappa shape index (κ3) is 6.05. The van der Waals surface area contributed by atoms with Crippen LogP contribution >= 0.6 is 0 Å². The van der Waals surface area contributed by atoms with E-state index in [-0.39, 0.29) is 0 Å². The minimum absolute atomic E-state index is 0.521.